The Morgan fingerprint density at radius 2 is 1.86 bits per heavy atom. The molecule has 1 atom stereocenters. The first-order chi connectivity index (χ1) is 10.0. The van der Waals surface area contributed by atoms with Crippen molar-refractivity contribution in [2.24, 2.45) is 0 Å². The van der Waals surface area contributed by atoms with Crippen molar-refractivity contribution in [3.05, 3.63) is 57.5 Å². The van der Waals surface area contributed by atoms with E-state index in [0.29, 0.717) is 18.0 Å². The fraction of sp³-hybridized carbons (Fsp3) is 0.444. The number of benzene rings is 1. The van der Waals surface area contributed by atoms with Crippen molar-refractivity contribution in [1.82, 2.24) is 5.32 Å². The average molecular weight is 348 g/mol. The summed E-state index contributed by atoms with van der Waals surface area (Å²) < 4.78 is 6.78. The second-order valence-corrected chi connectivity index (χ2v) is 7.09. The Bertz CT molecular complexity index is 611. The molecule has 2 nitrogen and oxygen atoms in total. The summed E-state index contributed by atoms with van der Waals surface area (Å²) in [6.07, 6.45) is 2.45. The van der Waals surface area contributed by atoms with Crippen LogP contribution in [0.4, 0.5) is 0 Å². The van der Waals surface area contributed by atoms with Crippen LogP contribution in [0.1, 0.15) is 54.4 Å². The minimum Gasteiger partial charge on any atom is -0.466 e. The van der Waals surface area contributed by atoms with Crippen LogP contribution in [0.25, 0.3) is 0 Å². The van der Waals surface area contributed by atoms with E-state index < -0.39 is 0 Å². The van der Waals surface area contributed by atoms with E-state index >= 15 is 0 Å². The number of rotatable bonds is 4. The van der Waals surface area contributed by atoms with Crippen LogP contribution in [0.2, 0.25) is 0 Å². The van der Waals surface area contributed by atoms with Gasteiger partial charge in [0.2, 0.25) is 0 Å². The Morgan fingerprint density at radius 1 is 1.19 bits per heavy atom. The van der Waals surface area contributed by atoms with Crippen molar-refractivity contribution in [2.75, 3.05) is 0 Å². The van der Waals surface area contributed by atoms with Crippen molar-refractivity contribution in [1.29, 1.82) is 0 Å². The first-order valence-electron chi connectivity index (χ1n) is 7.61. The van der Waals surface area contributed by atoms with Crippen molar-refractivity contribution in [3.63, 3.8) is 0 Å². The zero-order chi connectivity index (χ0) is 15.0. The largest absolute Gasteiger partial charge is 0.466 e. The predicted octanol–water partition coefficient (Wildman–Crippen LogP) is 5.26. The molecule has 112 valence electrons. The lowest BCUT2D eigenvalue weighted by Crippen LogP contribution is -2.41. The molecule has 1 fully saturated rings. The third kappa shape index (κ3) is 3.24. The van der Waals surface area contributed by atoms with Gasteiger partial charge in [-0.2, -0.15) is 0 Å². The number of hydrogen-bond acceptors (Lipinski definition) is 2. The van der Waals surface area contributed by atoms with E-state index in [1.54, 1.807) is 0 Å². The second kappa shape index (κ2) is 5.98. The molecule has 0 amide bonds. The summed E-state index contributed by atoms with van der Waals surface area (Å²) >= 11 is 3.49. The normalized spacial score (nSPS) is 22.9. The van der Waals surface area contributed by atoms with Gasteiger partial charge in [0.05, 0.1) is 0 Å². The van der Waals surface area contributed by atoms with Gasteiger partial charge in [-0.1, -0.05) is 28.1 Å². The number of halogens is 1. The summed E-state index contributed by atoms with van der Waals surface area (Å²) in [6.45, 7) is 6.28. The minimum absolute atomic E-state index is 0.360. The lowest BCUT2D eigenvalue weighted by Gasteiger charge is -2.38. The Labute approximate surface area is 135 Å². The molecule has 0 bridgehead atoms. The molecule has 1 N–H and O–H groups in total. The predicted molar refractivity (Wildman–Crippen MR) is 89.6 cm³/mol. The van der Waals surface area contributed by atoms with Gasteiger partial charge >= 0.3 is 0 Å². The summed E-state index contributed by atoms with van der Waals surface area (Å²) in [5.74, 6) is 2.74. The quantitative estimate of drug-likeness (QED) is 0.816. The average Bonchev–Trinajstić information content (AvgIpc) is 2.74. The van der Waals surface area contributed by atoms with E-state index in [-0.39, 0.29) is 0 Å². The Kier molecular flexibility index (Phi) is 4.23. The van der Waals surface area contributed by atoms with Gasteiger partial charge in [0.15, 0.2) is 0 Å². The van der Waals surface area contributed by atoms with Crippen molar-refractivity contribution >= 4 is 15.9 Å². The van der Waals surface area contributed by atoms with E-state index in [1.165, 1.54) is 24.0 Å². The van der Waals surface area contributed by atoms with Crippen molar-refractivity contribution in [2.45, 2.75) is 51.6 Å². The smallest absolute Gasteiger partial charge is 0.105 e. The van der Waals surface area contributed by atoms with Crippen LogP contribution in [0.5, 0.6) is 0 Å². The van der Waals surface area contributed by atoms with Gasteiger partial charge in [-0.3, -0.25) is 0 Å². The highest BCUT2D eigenvalue weighted by Gasteiger charge is 2.31. The summed E-state index contributed by atoms with van der Waals surface area (Å²) in [6, 6.07) is 11.9. The molecule has 2 aromatic rings. The maximum Gasteiger partial charge on any atom is 0.105 e. The molecule has 1 saturated carbocycles. The zero-order valence-electron chi connectivity index (χ0n) is 12.8. The Hall–Kier alpha value is -1.06. The van der Waals surface area contributed by atoms with Gasteiger partial charge < -0.3 is 9.73 Å². The van der Waals surface area contributed by atoms with Crippen LogP contribution >= 0.6 is 15.9 Å². The molecule has 3 heteroatoms. The maximum absolute atomic E-state index is 5.63. The van der Waals surface area contributed by atoms with Gasteiger partial charge in [-0.25, -0.2) is 0 Å². The molecular formula is C18H22BrNO. The number of hydrogen-bond donors (Lipinski definition) is 1. The van der Waals surface area contributed by atoms with Crippen LogP contribution in [0.3, 0.4) is 0 Å². The first-order valence-corrected chi connectivity index (χ1v) is 8.40. The van der Waals surface area contributed by atoms with Crippen molar-refractivity contribution in [3.8, 4) is 0 Å². The molecule has 1 heterocycles. The molecule has 0 radical (unpaired) electrons. The first kappa shape index (κ1) is 14.9. The highest BCUT2D eigenvalue weighted by Crippen LogP contribution is 2.38. The topological polar surface area (TPSA) is 25.2 Å². The minimum atomic E-state index is 0.360. The monoisotopic (exact) mass is 347 g/mol. The summed E-state index contributed by atoms with van der Waals surface area (Å²) in [4.78, 5) is 0. The van der Waals surface area contributed by atoms with Gasteiger partial charge in [-0.15, -0.1) is 0 Å². The number of furan rings is 1. The molecule has 1 aliphatic rings. The molecule has 1 unspecified atom stereocenters. The SMILES string of the molecule is Cc1cc(C(C)NC2CC(c3ccc(Br)cc3)C2)c(C)o1. The lowest BCUT2D eigenvalue weighted by molar-refractivity contribution is 0.270. The molecule has 0 spiro atoms. The molecule has 0 aliphatic heterocycles. The van der Waals surface area contributed by atoms with Crippen LogP contribution in [-0.4, -0.2) is 6.04 Å². The van der Waals surface area contributed by atoms with Gasteiger partial charge in [0.25, 0.3) is 0 Å². The van der Waals surface area contributed by atoms with Gasteiger partial charge in [0.1, 0.15) is 11.5 Å². The molecule has 1 aromatic carbocycles. The van der Waals surface area contributed by atoms with Crippen LogP contribution in [0.15, 0.2) is 39.2 Å². The highest BCUT2D eigenvalue weighted by atomic mass is 79.9. The Morgan fingerprint density at radius 3 is 2.43 bits per heavy atom. The molecule has 0 saturated heterocycles. The number of nitrogens with one attached hydrogen (secondary N) is 1. The van der Waals surface area contributed by atoms with Crippen LogP contribution < -0.4 is 5.32 Å². The van der Waals surface area contributed by atoms with Crippen molar-refractivity contribution < 1.29 is 4.42 Å². The summed E-state index contributed by atoms with van der Waals surface area (Å²) in [5.41, 5.74) is 2.75. The van der Waals surface area contributed by atoms with E-state index in [2.05, 4.69) is 58.5 Å². The summed E-state index contributed by atoms with van der Waals surface area (Å²) in [5, 5.41) is 3.73. The van der Waals surface area contributed by atoms with Crippen LogP contribution in [-0.2, 0) is 0 Å². The fourth-order valence-electron chi connectivity index (χ4n) is 3.28. The number of aryl methyl sites for hydroxylation is 2. The lowest BCUT2D eigenvalue weighted by atomic mass is 9.75. The van der Waals surface area contributed by atoms with Gasteiger partial charge in [-0.05, 0) is 63.3 Å². The van der Waals surface area contributed by atoms with E-state index in [0.717, 1.165) is 16.0 Å². The standard InChI is InChI=1S/C18H22BrNO/c1-11-8-18(13(3)21-11)12(2)20-17-9-15(10-17)14-4-6-16(19)7-5-14/h4-8,12,15,17,20H,9-10H2,1-3H3. The molecular weight excluding hydrogens is 326 g/mol. The summed E-state index contributed by atoms with van der Waals surface area (Å²) in [7, 11) is 0. The third-order valence-corrected chi connectivity index (χ3v) is 5.04. The third-order valence-electron chi connectivity index (χ3n) is 4.51. The Balaban J connectivity index is 1.55. The molecule has 21 heavy (non-hydrogen) atoms. The van der Waals surface area contributed by atoms with Gasteiger partial charge in [0, 0.05) is 22.1 Å². The second-order valence-electron chi connectivity index (χ2n) is 6.17. The zero-order valence-corrected chi connectivity index (χ0v) is 14.4. The van der Waals surface area contributed by atoms with E-state index in [9.17, 15) is 0 Å². The maximum atomic E-state index is 5.63. The van der Waals surface area contributed by atoms with Crippen LogP contribution in [0, 0.1) is 13.8 Å². The fourth-order valence-corrected chi connectivity index (χ4v) is 3.55. The van der Waals surface area contributed by atoms with E-state index in [1.807, 2.05) is 13.8 Å². The molecule has 1 aliphatic carbocycles. The molecule has 1 aromatic heterocycles. The van der Waals surface area contributed by atoms with E-state index in [4.69, 9.17) is 4.42 Å². The highest BCUT2D eigenvalue weighted by molar-refractivity contribution is 9.10. The molecule has 3 rings (SSSR count).